The van der Waals surface area contributed by atoms with E-state index in [4.69, 9.17) is 0 Å². The van der Waals surface area contributed by atoms with E-state index in [0.717, 1.165) is 30.4 Å². The Hall–Kier alpha value is -0.390. The summed E-state index contributed by atoms with van der Waals surface area (Å²) in [6.07, 6.45) is 2.86. The Morgan fingerprint density at radius 3 is 2.59 bits per heavy atom. The number of aryl methyl sites for hydroxylation is 1. The van der Waals surface area contributed by atoms with E-state index in [-0.39, 0.29) is 4.90 Å². The molecule has 2 rings (SSSR count). The van der Waals surface area contributed by atoms with Gasteiger partial charge in [0.25, 0.3) is 10.1 Å². The summed E-state index contributed by atoms with van der Waals surface area (Å²) in [6, 6.07) is 5.05. The van der Waals surface area contributed by atoms with Crippen molar-refractivity contribution in [3.63, 3.8) is 0 Å². The maximum Gasteiger partial charge on any atom is 0.294 e. The molecule has 3 nitrogen and oxygen atoms in total. The minimum Gasteiger partial charge on any atom is -0.282 e. The van der Waals surface area contributed by atoms with Crippen LogP contribution in [-0.4, -0.2) is 17.8 Å². The van der Waals surface area contributed by atoms with Crippen LogP contribution in [0.2, 0.25) is 0 Å². The summed E-state index contributed by atoms with van der Waals surface area (Å²) in [5.41, 5.74) is 1.75. The Kier molecular flexibility index (Phi) is 3.61. The van der Waals surface area contributed by atoms with Gasteiger partial charge in [0, 0.05) is 4.83 Å². The average Bonchev–Trinajstić information content (AvgIpc) is 2.13. The minimum absolute atomic E-state index is 0.0566. The van der Waals surface area contributed by atoms with Crippen LogP contribution in [0.5, 0.6) is 0 Å². The first kappa shape index (κ1) is 13.1. The molecule has 0 radical (unpaired) electrons. The Morgan fingerprint density at radius 1 is 1.41 bits per heavy atom. The Labute approximate surface area is 110 Å². The molecule has 1 aromatic rings. The van der Waals surface area contributed by atoms with E-state index < -0.39 is 10.1 Å². The van der Waals surface area contributed by atoms with Gasteiger partial charge in [-0.3, -0.25) is 4.55 Å². The van der Waals surface area contributed by atoms with Gasteiger partial charge in [0.2, 0.25) is 0 Å². The van der Waals surface area contributed by atoms with Gasteiger partial charge in [-0.2, -0.15) is 8.42 Å². The van der Waals surface area contributed by atoms with Gasteiger partial charge in [0.1, 0.15) is 0 Å². The van der Waals surface area contributed by atoms with Crippen LogP contribution in [0.15, 0.2) is 23.1 Å². The van der Waals surface area contributed by atoms with Gasteiger partial charge in [-0.1, -0.05) is 33.6 Å². The van der Waals surface area contributed by atoms with Crippen molar-refractivity contribution in [3.8, 4) is 0 Å². The van der Waals surface area contributed by atoms with Gasteiger partial charge < -0.3 is 0 Å². The van der Waals surface area contributed by atoms with Gasteiger partial charge in [0.15, 0.2) is 0 Å². The second kappa shape index (κ2) is 4.71. The van der Waals surface area contributed by atoms with E-state index in [2.05, 4.69) is 15.9 Å². The predicted octanol–water partition coefficient (Wildman–Crippen LogP) is 2.96. The maximum atomic E-state index is 11.3. The molecule has 0 atom stereocenters. The van der Waals surface area contributed by atoms with Crippen LogP contribution in [0, 0.1) is 12.8 Å². The molecule has 0 aromatic heterocycles. The zero-order chi connectivity index (χ0) is 12.6. The number of hydrogen-bond acceptors (Lipinski definition) is 2. The summed E-state index contributed by atoms with van der Waals surface area (Å²) in [7, 11) is -4.11. The minimum atomic E-state index is -4.11. The SMILES string of the molecule is Cc1ccc(S(=O)(=O)O)c(CC2CC(Br)C2)c1. The van der Waals surface area contributed by atoms with Gasteiger partial charge in [0.05, 0.1) is 4.90 Å². The number of alkyl halides is 1. The third-order valence-electron chi connectivity index (χ3n) is 3.18. The van der Waals surface area contributed by atoms with Crippen molar-refractivity contribution in [1.82, 2.24) is 0 Å². The molecular weight excluding hydrogens is 304 g/mol. The summed E-state index contributed by atoms with van der Waals surface area (Å²) < 4.78 is 31.7. The summed E-state index contributed by atoms with van der Waals surface area (Å²) in [4.78, 5) is 0.618. The molecule has 0 aliphatic heterocycles. The molecule has 1 saturated carbocycles. The summed E-state index contributed by atoms with van der Waals surface area (Å²) in [5.74, 6) is 0.515. The highest BCUT2D eigenvalue weighted by atomic mass is 79.9. The molecule has 0 heterocycles. The van der Waals surface area contributed by atoms with Crippen molar-refractivity contribution in [3.05, 3.63) is 29.3 Å². The number of hydrogen-bond donors (Lipinski definition) is 1. The fourth-order valence-electron chi connectivity index (χ4n) is 2.25. The normalized spacial score (nSPS) is 24.4. The third-order valence-corrected chi connectivity index (χ3v) is 4.88. The largest absolute Gasteiger partial charge is 0.294 e. The highest BCUT2D eigenvalue weighted by Gasteiger charge is 2.28. The van der Waals surface area contributed by atoms with Crippen LogP contribution in [0.4, 0.5) is 0 Å². The topological polar surface area (TPSA) is 54.4 Å². The molecule has 1 aliphatic carbocycles. The fraction of sp³-hybridized carbons (Fsp3) is 0.500. The molecule has 5 heteroatoms. The highest BCUT2D eigenvalue weighted by molar-refractivity contribution is 9.09. The molecule has 1 aliphatic rings. The van der Waals surface area contributed by atoms with E-state index >= 15 is 0 Å². The van der Waals surface area contributed by atoms with E-state index in [1.807, 2.05) is 13.0 Å². The van der Waals surface area contributed by atoms with E-state index in [9.17, 15) is 13.0 Å². The lowest BCUT2D eigenvalue weighted by Crippen LogP contribution is -2.25. The van der Waals surface area contributed by atoms with Gasteiger partial charge in [-0.25, -0.2) is 0 Å². The summed E-state index contributed by atoms with van der Waals surface area (Å²) in [5, 5.41) is 0. The van der Waals surface area contributed by atoms with Gasteiger partial charge >= 0.3 is 0 Å². The van der Waals surface area contributed by atoms with Crippen molar-refractivity contribution >= 4 is 26.0 Å². The van der Waals surface area contributed by atoms with Crippen molar-refractivity contribution in [1.29, 1.82) is 0 Å². The van der Waals surface area contributed by atoms with E-state index in [1.54, 1.807) is 6.07 Å². The Morgan fingerprint density at radius 2 is 2.06 bits per heavy atom. The predicted molar refractivity (Wildman–Crippen MR) is 70.1 cm³/mol. The van der Waals surface area contributed by atoms with Crippen molar-refractivity contribution in [2.45, 2.75) is 35.9 Å². The summed E-state index contributed by atoms with van der Waals surface area (Å²) in [6.45, 7) is 1.92. The number of halogens is 1. The lowest BCUT2D eigenvalue weighted by atomic mass is 9.80. The van der Waals surface area contributed by atoms with Crippen LogP contribution >= 0.6 is 15.9 Å². The second-order valence-electron chi connectivity index (χ2n) is 4.73. The van der Waals surface area contributed by atoms with Crippen molar-refractivity contribution < 1.29 is 13.0 Å². The zero-order valence-electron chi connectivity index (χ0n) is 9.56. The standard InChI is InChI=1S/C12H15BrO3S/c1-8-2-3-12(17(14,15)16)10(4-8)5-9-6-11(13)7-9/h2-4,9,11H,5-7H2,1H3,(H,14,15,16). The fourth-order valence-corrected chi connectivity index (χ4v) is 4.02. The number of rotatable bonds is 3. The zero-order valence-corrected chi connectivity index (χ0v) is 12.0. The highest BCUT2D eigenvalue weighted by Crippen LogP contribution is 2.36. The number of benzene rings is 1. The third kappa shape index (κ3) is 3.09. The summed E-state index contributed by atoms with van der Waals surface area (Å²) >= 11 is 3.52. The Balaban J connectivity index is 2.28. The molecule has 1 fully saturated rings. The lowest BCUT2D eigenvalue weighted by Gasteiger charge is -2.31. The molecule has 17 heavy (non-hydrogen) atoms. The van der Waals surface area contributed by atoms with Crippen LogP contribution in [0.1, 0.15) is 24.0 Å². The average molecular weight is 319 g/mol. The smallest absolute Gasteiger partial charge is 0.282 e. The molecule has 1 aromatic carbocycles. The van der Waals surface area contributed by atoms with Gasteiger partial charge in [-0.15, -0.1) is 0 Å². The molecule has 0 bridgehead atoms. The van der Waals surface area contributed by atoms with Crippen molar-refractivity contribution in [2.24, 2.45) is 5.92 Å². The van der Waals surface area contributed by atoms with Gasteiger partial charge in [-0.05, 0) is 43.7 Å². The first-order chi connectivity index (χ1) is 7.86. The molecule has 0 amide bonds. The molecular formula is C12H15BrO3S. The van der Waals surface area contributed by atoms with Crippen LogP contribution < -0.4 is 0 Å². The lowest BCUT2D eigenvalue weighted by molar-refractivity contribution is 0.330. The first-order valence-corrected chi connectivity index (χ1v) is 7.93. The molecule has 94 valence electrons. The Bertz CT molecular complexity index is 519. The van der Waals surface area contributed by atoms with E-state index in [1.165, 1.54) is 6.07 Å². The van der Waals surface area contributed by atoms with Crippen LogP contribution in [-0.2, 0) is 16.5 Å². The molecule has 0 unspecified atom stereocenters. The molecule has 1 N–H and O–H groups in total. The van der Waals surface area contributed by atoms with Crippen LogP contribution in [0.25, 0.3) is 0 Å². The van der Waals surface area contributed by atoms with E-state index in [0.29, 0.717) is 10.7 Å². The first-order valence-electron chi connectivity index (χ1n) is 5.57. The molecule has 0 saturated heterocycles. The van der Waals surface area contributed by atoms with Crippen LogP contribution in [0.3, 0.4) is 0 Å². The molecule has 0 spiro atoms. The second-order valence-corrected chi connectivity index (χ2v) is 7.41. The van der Waals surface area contributed by atoms with Crippen molar-refractivity contribution in [2.75, 3.05) is 0 Å². The monoisotopic (exact) mass is 318 g/mol. The maximum absolute atomic E-state index is 11.3. The quantitative estimate of drug-likeness (QED) is 0.688.